The van der Waals surface area contributed by atoms with Crippen molar-refractivity contribution in [1.82, 2.24) is 5.32 Å². The molecule has 11 heteroatoms. The highest BCUT2D eigenvalue weighted by Gasteiger charge is 2.44. The molecule has 7 atom stereocenters. The van der Waals surface area contributed by atoms with Crippen molar-refractivity contribution in [3.05, 3.63) is 60.8 Å². The smallest absolute Gasteiger partial charge is 0.305 e. The predicted molar refractivity (Wildman–Crippen MR) is 375 cm³/mol. The molecule has 0 aromatic rings. The Morgan fingerprint density at radius 3 is 1.18 bits per heavy atom. The number of hydrogen-bond donors (Lipinski definition) is 6. The maximum Gasteiger partial charge on any atom is 0.305 e. The minimum absolute atomic E-state index is 0.00542. The molecule has 1 fully saturated rings. The van der Waals surface area contributed by atoms with Crippen LogP contribution in [-0.2, 0) is 23.8 Å². The number of hydrogen-bond acceptors (Lipinski definition) is 10. The van der Waals surface area contributed by atoms with Crippen LogP contribution in [-0.4, -0.2) is 100 Å². The standard InChI is InChI=1S/C78H143NO10/c1-3-5-7-9-11-13-15-40-44-48-52-56-60-64-71(81)70(69-88-78-77(86)76(85)75(84)72(68-80)89-78)79-73(82)65-61-57-53-49-45-42-38-36-34-32-30-28-26-24-22-20-18-17-19-21-23-25-27-29-31-33-35-37-39-43-47-51-55-59-63-67-87-74(83)66-62-58-54-50-46-41-16-14-12-10-8-6-4-2/h8,10,14,16,19,21,25,27,60,64,70-72,75-78,80-81,84-86H,3-7,9,11-13,15,17-18,20,22-24,26,28-59,61-63,65-69H2,1-2H3,(H,79,82)/b10-8-,16-14-,21-19-,27-25-,64-60+. The SMILES string of the molecule is CCC/C=C\C/C=C\CCCCCCCC(=O)OCCCCCCCCCCCCC/C=C\C/C=C\CCCCCCCCCCCCCCCCCCCC(=O)NC(COC1OC(CO)C(O)C(O)C1O)C(O)/C=C/CCCCCCCCCCCCC. The summed E-state index contributed by atoms with van der Waals surface area (Å²) >= 11 is 0. The van der Waals surface area contributed by atoms with Gasteiger partial charge in [0, 0.05) is 12.8 Å². The Morgan fingerprint density at radius 2 is 0.775 bits per heavy atom. The zero-order chi connectivity index (χ0) is 64.4. The molecule has 1 amide bonds. The van der Waals surface area contributed by atoms with Crippen molar-refractivity contribution in [3.63, 3.8) is 0 Å². The van der Waals surface area contributed by atoms with Crippen molar-refractivity contribution in [2.24, 2.45) is 0 Å². The van der Waals surface area contributed by atoms with Crippen LogP contribution in [0.1, 0.15) is 361 Å². The van der Waals surface area contributed by atoms with E-state index >= 15 is 0 Å². The second-order valence-corrected chi connectivity index (χ2v) is 26.3. The topological polar surface area (TPSA) is 175 Å². The monoisotopic (exact) mass is 1250 g/mol. The van der Waals surface area contributed by atoms with E-state index in [0.717, 1.165) is 70.6 Å². The summed E-state index contributed by atoms with van der Waals surface area (Å²) < 4.78 is 16.7. The highest BCUT2D eigenvalue weighted by molar-refractivity contribution is 5.76. The molecular formula is C78H143NO10. The molecule has 0 radical (unpaired) electrons. The van der Waals surface area contributed by atoms with Gasteiger partial charge in [0.2, 0.25) is 5.91 Å². The van der Waals surface area contributed by atoms with Gasteiger partial charge in [0.05, 0.1) is 32.0 Å². The highest BCUT2D eigenvalue weighted by atomic mass is 16.7. The molecule has 1 rings (SSSR count). The van der Waals surface area contributed by atoms with E-state index < -0.39 is 49.5 Å². The van der Waals surface area contributed by atoms with Crippen LogP contribution in [0, 0.1) is 0 Å². The molecule has 11 nitrogen and oxygen atoms in total. The van der Waals surface area contributed by atoms with Gasteiger partial charge in [0.25, 0.3) is 0 Å². The lowest BCUT2D eigenvalue weighted by Gasteiger charge is -2.40. The van der Waals surface area contributed by atoms with E-state index in [4.69, 9.17) is 14.2 Å². The summed E-state index contributed by atoms with van der Waals surface area (Å²) in [5.74, 6) is -0.183. The normalized spacial score (nSPS) is 18.0. The van der Waals surface area contributed by atoms with Gasteiger partial charge in [-0.25, -0.2) is 0 Å². The van der Waals surface area contributed by atoms with Crippen molar-refractivity contribution in [1.29, 1.82) is 0 Å². The van der Waals surface area contributed by atoms with E-state index in [0.29, 0.717) is 19.4 Å². The molecule has 1 saturated heterocycles. The molecule has 7 unspecified atom stereocenters. The number of aliphatic hydroxyl groups excluding tert-OH is 5. The van der Waals surface area contributed by atoms with E-state index in [1.54, 1.807) is 6.08 Å². The first kappa shape index (κ1) is 84.4. The van der Waals surface area contributed by atoms with Crippen molar-refractivity contribution >= 4 is 11.9 Å². The number of amides is 1. The zero-order valence-corrected chi connectivity index (χ0v) is 57.9. The lowest BCUT2D eigenvalue weighted by molar-refractivity contribution is -0.302. The van der Waals surface area contributed by atoms with Gasteiger partial charge in [-0.2, -0.15) is 0 Å². The van der Waals surface area contributed by atoms with E-state index in [1.165, 1.54) is 263 Å². The van der Waals surface area contributed by atoms with Gasteiger partial charge in [-0.15, -0.1) is 0 Å². The van der Waals surface area contributed by atoms with Crippen molar-refractivity contribution in [3.8, 4) is 0 Å². The number of ether oxygens (including phenoxy) is 3. The molecule has 1 aliphatic rings. The number of rotatable bonds is 67. The molecule has 520 valence electrons. The number of aliphatic hydroxyl groups is 5. The summed E-state index contributed by atoms with van der Waals surface area (Å²) in [6, 6.07) is -0.809. The van der Waals surface area contributed by atoms with Gasteiger partial charge in [-0.1, -0.05) is 319 Å². The van der Waals surface area contributed by atoms with E-state index in [-0.39, 0.29) is 18.5 Å². The van der Waals surface area contributed by atoms with E-state index in [9.17, 15) is 35.1 Å². The Kier molecular flexibility index (Phi) is 63.3. The number of nitrogens with one attached hydrogen (secondary N) is 1. The third kappa shape index (κ3) is 55.5. The number of esters is 1. The quantitative estimate of drug-likeness (QED) is 0.0195. The summed E-state index contributed by atoms with van der Waals surface area (Å²) in [6.07, 6.45) is 79.4. The molecule has 0 bridgehead atoms. The number of carbonyl (C=O) groups is 2. The maximum atomic E-state index is 13.1. The number of carbonyl (C=O) groups excluding carboxylic acids is 2. The minimum atomic E-state index is -1.57. The van der Waals surface area contributed by atoms with E-state index in [1.807, 2.05) is 6.08 Å². The average molecular weight is 1250 g/mol. The van der Waals surface area contributed by atoms with Crippen LogP contribution in [0.5, 0.6) is 0 Å². The molecule has 1 heterocycles. The summed E-state index contributed by atoms with van der Waals surface area (Å²) in [6.45, 7) is 4.31. The maximum absolute atomic E-state index is 13.1. The second-order valence-electron chi connectivity index (χ2n) is 26.3. The van der Waals surface area contributed by atoms with Crippen LogP contribution in [0.4, 0.5) is 0 Å². The summed E-state index contributed by atoms with van der Waals surface area (Å²) in [4.78, 5) is 25.1. The first-order valence-corrected chi connectivity index (χ1v) is 38.1. The van der Waals surface area contributed by atoms with Gasteiger partial charge in [-0.05, 0) is 89.9 Å². The molecule has 0 aromatic carbocycles. The Labute approximate surface area is 548 Å². The van der Waals surface area contributed by atoms with Crippen LogP contribution in [0.25, 0.3) is 0 Å². The lowest BCUT2D eigenvalue weighted by Crippen LogP contribution is -2.60. The molecule has 0 spiro atoms. The summed E-state index contributed by atoms with van der Waals surface area (Å²) in [5, 5.41) is 54.5. The van der Waals surface area contributed by atoms with Crippen LogP contribution in [0.15, 0.2) is 60.8 Å². The fourth-order valence-electron chi connectivity index (χ4n) is 11.9. The minimum Gasteiger partial charge on any atom is -0.466 e. The average Bonchev–Trinajstić information content (AvgIpc) is 2.78. The molecule has 0 aromatic heterocycles. The first-order chi connectivity index (χ1) is 43.7. The van der Waals surface area contributed by atoms with Crippen LogP contribution < -0.4 is 5.32 Å². The largest absolute Gasteiger partial charge is 0.466 e. The van der Waals surface area contributed by atoms with Gasteiger partial charge in [-0.3, -0.25) is 9.59 Å². The van der Waals surface area contributed by atoms with Crippen molar-refractivity contribution < 1.29 is 49.3 Å². The van der Waals surface area contributed by atoms with Crippen LogP contribution in [0.2, 0.25) is 0 Å². The van der Waals surface area contributed by atoms with Gasteiger partial charge >= 0.3 is 5.97 Å². The van der Waals surface area contributed by atoms with E-state index in [2.05, 4.69) is 67.8 Å². The van der Waals surface area contributed by atoms with Gasteiger partial charge in [0.15, 0.2) is 6.29 Å². The third-order valence-electron chi connectivity index (χ3n) is 17.8. The molecule has 0 saturated carbocycles. The van der Waals surface area contributed by atoms with Crippen molar-refractivity contribution in [2.75, 3.05) is 19.8 Å². The zero-order valence-electron chi connectivity index (χ0n) is 57.9. The second kappa shape index (κ2) is 66.8. The number of allylic oxidation sites excluding steroid dienone is 9. The van der Waals surface area contributed by atoms with Crippen molar-refractivity contribution in [2.45, 2.75) is 403 Å². The summed E-state index contributed by atoms with van der Waals surface area (Å²) in [5.41, 5.74) is 0. The Bertz CT molecular complexity index is 1660. The number of unbranched alkanes of at least 4 members (excludes halogenated alkanes) is 45. The van der Waals surface area contributed by atoms with Gasteiger partial charge in [0.1, 0.15) is 24.4 Å². The predicted octanol–water partition coefficient (Wildman–Crippen LogP) is 20.1. The molecule has 1 aliphatic heterocycles. The van der Waals surface area contributed by atoms with Crippen LogP contribution in [0.3, 0.4) is 0 Å². The fraction of sp³-hybridized carbons (Fsp3) is 0.846. The summed E-state index contributed by atoms with van der Waals surface area (Å²) in [7, 11) is 0. The highest BCUT2D eigenvalue weighted by Crippen LogP contribution is 2.23. The first-order valence-electron chi connectivity index (χ1n) is 38.1. The molecule has 0 aliphatic carbocycles. The lowest BCUT2D eigenvalue weighted by atomic mass is 9.99. The Balaban J connectivity index is 1.94. The Morgan fingerprint density at radius 1 is 0.416 bits per heavy atom. The van der Waals surface area contributed by atoms with Crippen LogP contribution >= 0.6 is 0 Å². The third-order valence-corrected chi connectivity index (χ3v) is 17.8. The molecule has 89 heavy (non-hydrogen) atoms. The molecular weight excluding hydrogens is 1110 g/mol. The van der Waals surface area contributed by atoms with Gasteiger partial charge < -0.3 is 45.1 Å². The fourth-order valence-corrected chi connectivity index (χ4v) is 11.9. The molecule has 6 N–H and O–H groups in total. The Hall–Kier alpha value is -2.64.